The fourth-order valence-electron chi connectivity index (χ4n) is 3.68. The van der Waals surface area contributed by atoms with Gasteiger partial charge in [-0.05, 0) is 44.2 Å². The van der Waals surface area contributed by atoms with Gasteiger partial charge in [0.25, 0.3) is 6.47 Å². The molecule has 2 aliphatic rings. The Labute approximate surface area is 165 Å². The zero-order chi connectivity index (χ0) is 20.4. The summed E-state index contributed by atoms with van der Waals surface area (Å²) in [5.74, 6) is 1.37. The van der Waals surface area contributed by atoms with Crippen molar-refractivity contribution in [3.05, 3.63) is 23.2 Å². The topological polar surface area (TPSA) is 102 Å². The number of ether oxygens (including phenoxy) is 1. The maximum atomic E-state index is 13.2. The molecule has 1 saturated heterocycles. The highest BCUT2D eigenvalue weighted by Crippen LogP contribution is 2.32. The highest BCUT2D eigenvalue weighted by molar-refractivity contribution is 5.73. The van der Waals surface area contributed by atoms with Crippen LogP contribution in [0.25, 0.3) is 5.57 Å². The molecule has 0 radical (unpaired) electrons. The Morgan fingerprint density at radius 1 is 1.36 bits per heavy atom. The quantitative estimate of drug-likeness (QED) is 0.490. The number of anilines is 1. The second kappa shape index (κ2) is 11.7. The number of alkyl halides is 1. The van der Waals surface area contributed by atoms with E-state index in [0.717, 1.165) is 62.3 Å². The van der Waals surface area contributed by atoms with Crippen LogP contribution in [0.2, 0.25) is 0 Å². The summed E-state index contributed by atoms with van der Waals surface area (Å²) in [6, 6.07) is 0. The highest BCUT2D eigenvalue weighted by Gasteiger charge is 2.22. The van der Waals surface area contributed by atoms with Crippen LogP contribution in [-0.4, -0.2) is 66.0 Å². The van der Waals surface area contributed by atoms with Gasteiger partial charge in [0.1, 0.15) is 17.8 Å². The van der Waals surface area contributed by atoms with Crippen LogP contribution >= 0.6 is 0 Å². The van der Waals surface area contributed by atoms with E-state index in [-0.39, 0.29) is 6.47 Å². The molecule has 156 valence electrons. The van der Waals surface area contributed by atoms with Crippen LogP contribution in [-0.2, 0) is 22.4 Å². The average molecular weight is 394 g/mol. The molecule has 1 aromatic rings. The zero-order valence-corrected chi connectivity index (χ0v) is 16.6. The van der Waals surface area contributed by atoms with Crippen molar-refractivity contribution < 1.29 is 19.0 Å². The number of halogens is 1. The van der Waals surface area contributed by atoms with E-state index in [0.29, 0.717) is 31.8 Å². The predicted molar refractivity (Wildman–Crippen MR) is 107 cm³/mol. The lowest BCUT2D eigenvalue weighted by Crippen LogP contribution is -2.22. The molecule has 1 aromatic heterocycles. The predicted octanol–water partition coefficient (Wildman–Crippen LogP) is 2.49. The van der Waals surface area contributed by atoms with Crippen LogP contribution in [0.4, 0.5) is 10.2 Å². The number of aromatic nitrogens is 2. The van der Waals surface area contributed by atoms with Gasteiger partial charge in [-0.1, -0.05) is 12.5 Å². The molecule has 1 fully saturated rings. The lowest BCUT2D eigenvalue weighted by atomic mass is 10.1. The average Bonchev–Trinajstić information content (AvgIpc) is 3.27. The van der Waals surface area contributed by atoms with Crippen molar-refractivity contribution in [3.8, 4) is 0 Å². The fraction of sp³-hybridized carbons (Fsp3) is 0.650. The standard InChI is InChI=1S/C19H29FN4O.CH2O2/c1-25-12-9-17-22-18-14(6-7-16(18)19(21)23-17)5-3-2-4-10-24-11-8-15(20)13-24;2-1-3/h6,15H,2-5,7-13H2,1H3,(H2,21,22,23);1H,(H,2,3)/t15-;/m0./s1. The highest BCUT2D eigenvalue weighted by atomic mass is 19.1. The molecular weight excluding hydrogens is 363 g/mol. The van der Waals surface area contributed by atoms with Gasteiger partial charge in [0.15, 0.2) is 0 Å². The molecule has 0 aromatic carbocycles. The first kappa shape index (κ1) is 22.2. The normalized spacial score (nSPS) is 18.4. The lowest BCUT2D eigenvalue weighted by molar-refractivity contribution is -0.122. The summed E-state index contributed by atoms with van der Waals surface area (Å²) in [5, 5.41) is 6.89. The number of nitrogens with two attached hydrogens (primary N) is 1. The Hall–Kier alpha value is -2.06. The number of rotatable bonds is 9. The summed E-state index contributed by atoms with van der Waals surface area (Å²) in [6.07, 6.45) is 8.32. The molecule has 28 heavy (non-hydrogen) atoms. The summed E-state index contributed by atoms with van der Waals surface area (Å²) < 4.78 is 18.3. The molecular formula is C20H31FN4O3. The molecule has 8 heteroatoms. The van der Waals surface area contributed by atoms with Crippen LogP contribution in [0.3, 0.4) is 0 Å². The zero-order valence-electron chi connectivity index (χ0n) is 16.6. The van der Waals surface area contributed by atoms with Crippen molar-refractivity contribution in [2.45, 2.75) is 51.1 Å². The Morgan fingerprint density at radius 2 is 2.14 bits per heavy atom. The molecule has 0 saturated carbocycles. The Balaban J connectivity index is 0.000000878. The molecule has 7 nitrogen and oxygen atoms in total. The Kier molecular flexibility index (Phi) is 9.30. The third-order valence-corrected chi connectivity index (χ3v) is 5.11. The SMILES string of the molecule is COCCc1nc(N)c2c(n1)C(CCCCCN1CC[C@H](F)C1)=CC2.O=CO. The molecule has 0 amide bonds. The number of fused-ring (bicyclic) bond motifs is 1. The van der Waals surface area contributed by atoms with E-state index in [9.17, 15) is 4.39 Å². The van der Waals surface area contributed by atoms with Crippen molar-refractivity contribution >= 4 is 17.9 Å². The van der Waals surface area contributed by atoms with Crippen LogP contribution < -0.4 is 5.73 Å². The summed E-state index contributed by atoms with van der Waals surface area (Å²) in [5.41, 5.74) is 9.51. The second-order valence-electron chi connectivity index (χ2n) is 7.13. The van der Waals surface area contributed by atoms with Crippen LogP contribution in [0.5, 0.6) is 0 Å². The third-order valence-electron chi connectivity index (χ3n) is 5.11. The van der Waals surface area contributed by atoms with Gasteiger partial charge in [-0.2, -0.15) is 0 Å². The van der Waals surface area contributed by atoms with Crippen molar-refractivity contribution in [2.24, 2.45) is 0 Å². The minimum atomic E-state index is -0.613. The number of methoxy groups -OCH3 is 1. The van der Waals surface area contributed by atoms with E-state index in [1.165, 1.54) is 5.57 Å². The van der Waals surface area contributed by atoms with E-state index < -0.39 is 6.17 Å². The maximum absolute atomic E-state index is 13.2. The van der Waals surface area contributed by atoms with Gasteiger partial charge >= 0.3 is 0 Å². The van der Waals surface area contributed by atoms with Crippen molar-refractivity contribution in [2.75, 3.05) is 39.1 Å². The molecule has 1 atom stereocenters. The molecule has 1 aliphatic heterocycles. The third kappa shape index (κ3) is 6.53. The number of hydrogen-bond donors (Lipinski definition) is 2. The van der Waals surface area contributed by atoms with E-state index >= 15 is 0 Å². The smallest absolute Gasteiger partial charge is 0.290 e. The minimum Gasteiger partial charge on any atom is -0.483 e. The van der Waals surface area contributed by atoms with Gasteiger partial charge in [-0.25, -0.2) is 14.4 Å². The van der Waals surface area contributed by atoms with Gasteiger partial charge in [-0.3, -0.25) is 4.79 Å². The van der Waals surface area contributed by atoms with Gasteiger partial charge < -0.3 is 20.5 Å². The summed E-state index contributed by atoms with van der Waals surface area (Å²) in [4.78, 5) is 19.7. The Bertz CT molecular complexity index is 669. The van der Waals surface area contributed by atoms with E-state index in [4.69, 9.17) is 25.4 Å². The van der Waals surface area contributed by atoms with E-state index in [1.807, 2.05) is 0 Å². The molecule has 0 spiro atoms. The number of nitrogen functional groups attached to an aromatic ring is 1. The van der Waals surface area contributed by atoms with Gasteiger partial charge in [0, 0.05) is 32.2 Å². The van der Waals surface area contributed by atoms with Crippen LogP contribution in [0.1, 0.15) is 49.2 Å². The van der Waals surface area contributed by atoms with Gasteiger partial charge in [0.05, 0.1) is 12.3 Å². The van der Waals surface area contributed by atoms with Crippen LogP contribution in [0.15, 0.2) is 6.08 Å². The van der Waals surface area contributed by atoms with E-state index in [2.05, 4.69) is 16.0 Å². The molecule has 3 rings (SSSR count). The van der Waals surface area contributed by atoms with Gasteiger partial charge in [0.2, 0.25) is 0 Å². The number of hydrogen-bond acceptors (Lipinski definition) is 6. The molecule has 3 N–H and O–H groups in total. The van der Waals surface area contributed by atoms with Crippen molar-refractivity contribution in [3.63, 3.8) is 0 Å². The van der Waals surface area contributed by atoms with Crippen molar-refractivity contribution in [1.29, 1.82) is 0 Å². The summed E-state index contributed by atoms with van der Waals surface area (Å²) >= 11 is 0. The monoisotopic (exact) mass is 394 g/mol. The minimum absolute atomic E-state index is 0.250. The molecule has 2 heterocycles. The maximum Gasteiger partial charge on any atom is 0.290 e. The first-order valence-electron chi connectivity index (χ1n) is 9.86. The number of unbranched alkanes of at least 4 members (excludes halogenated alkanes) is 2. The van der Waals surface area contributed by atoms with Gasteiger partial charge in [-0.15, -0.1) is 0 Å². The number of likely N-dealkylation sites (tertiary alicyclic amines) is 1. The second-order valence-corrected chi connectivity index (χ2v) is 7.13. The number of carboxylic acid groups (broad SMARTS) is 1. The molecule has 1 aliphatic carbocycles. The number of carbonyl (C=O) groups is 1. The number of nitrogens with zero attached hydrogens (tertiary/aromatic N) is 3. The van der Waals surface area contributed by atoms with Crippen molar-refractivity contribution in [1.82, 2.24) is 14.9 Å². The molecule has 0 bridgehead atoms. The fourth-order valence-corrected chi connectivity index (χ4v) is 3.68. The molecule has 0 unspecified atom stereocenters. The first-order valence-corrected chi connectivity index (χ1v) is 9.86. The summed E-state index contributed by atoms with van der Waals surface area (Å²) in [6.45, 7) is 2.92. The Morgan fingerprint density at radius 3 is 2.82 bits per heavy atom. The number of allylic oxidation sites excluding steroid dienone is 2. The summed E-state index contributed by atoms with van der Waals surface area (Å²) in [7, 11) is 1.68. The first-order chi connectivity index (χ1) is 13.6. The van der Waals surface area contributed by atoms with Crippen LogP contribution in [0, 0.1) is 0 Å². The largest absolute Gasteiger partial charge is 0.483 e. The lowest BCUT2D eigenvalue weighted by Gasteiger charge is -2.14. The van der Waals surface area contributed by atoms with E-state index in [1.54, 1.807) is 7.11 Å².